The number of halogens is 1. The number of likely N-dealkylation sites (tertiary alicyclic amines) is 1. The molecular weight excluding hydrogens is 849 g/mol. The van der Waals surface area contributed by atoms with Gasteiger partial charge in [0.1, 0.15) is 30.7 Å². The Morgan fingerprint density at radius 1 is 0.968 bits per heavy atom. The summed E-state index contributed by atoms with van der Waals surface area (Å²) >= 11 is 7.09. The monoisotopic (exact) mass is 901 g/mol. The Kier molecular flexibility index (Phi) is 11.9. The van der Waals surface area contributed by atoms with Gasteiger partial charge in [0.15, 0.2) is 29.6 Å². The molecule has 0 bridgehead atoms. The molecule has 2 spiro atoms. The van der Waals surface area contributed by atoms with Gasteiger partial charge in [-0.25, -0.2) is 14.5 Å². The number of nitrogens with one attached hydrogen (secondary N) is 2. The molecule has 3 saturated carbocycles. The normalized spacial score (nSPS) is 20.2. The van der Waals surface area contributed by atoms with Gasteiger partial charge in [-0.15, -0.1) is 5.10 Å². The number of carbonyl (C=O) groups excluding carboxylic acids is 2. The Morgan fingerprint density at radius 2 is 1.68 bits per heavy atom. The highest BCUT2D eigenvalue weighted by atomic mass is 35.5. The molecule has 4 aromatic rings. The van der Waals surface area contributed by atoms with Crippen LogP contribution in [0.5, 0.6) is 17.5 Å². The number of hydrogen-bond donors (Lipinski definition) is 5. The lowest BCUT2D eigenvalue weighted by Gasteiger charge is -2.37. The average molecular weight is 902 g/mol. The highest BCUT2D eigenvalue weighted by Crippen LogP contribution is 2.94. The maximum Gasteiger partial charge on any atom is 0.410 e. The quantitative estimate of drug-likeness (QED) is 0.0190. The van der Waals surface area contributed by atoms with Gasteiger partial charge in [0.25, 0.3) is 5.91 Å². The number of ether oxygens (including phenoxy) is 3. The zero-order chi connectivity index (χ0) is 45.0. The zero-order valence-corrected chi connectivity index (χ0v) is 37.5. The van der Waals surface area contributed by atoms with Gasteiger partial charge in [0.05, 0.1) is 5.56 Å². The Bertz CT molecular complexity index is 2320. The van der Waals surface area contributed by atoms with Crippen LogP contribution in [0.15, 0.2) is 66.9 Å². The van der Waals surface area contributed by atoms with Crippen LogP contribution >= 0.6 is 23.8 Å². The molecule has 2 unspecified atom stereocenters. The van der Waals surface area contributed by atoms with Gasteiger partial charge in [-0.05, 0) is 120 Å². The van der Waals surface area contributed by atoms with Crippen LogP contribution in [0.2, 0.25) is 5.15 Å². The van der Waals surface area contributed by atoms with E-state index < -0.39 is 28.9 Å². The molecule has 1 aliphatic heterocycles. The fourth-order valence-corrected chi connectivity index (χ4v) is 10.1. The summed E-state index contributed by atoms with van der Waals surface area (Å²) < 4.78 is 26.8. The van der Waals surface area contributed by atoms with Gasteiger partial charge >= 0.3 is 12.1 Å². The van der Waals surface area contributed by atoms with Crippen molar-refractivity contribution in [2.45, 2.75) is 109 Å². The summed E-state index contributed by atoms with van der Waals surface area (Å²) in [5, 5.41) is 40.1. The Balaban J connectivity index is 0.847. The highest BCUT2D eigenvalue weighted by molar-refractivity contribution is 7.93. The molecule has 2 atom stereocenters. The smallest absolute Gasteiger partial charge is 0.410 e. The van der Waals surface area contributed by atoms with E-state index in [9.17, 15) is 24.9 Å². The number of fused-ring (bicyclic) bond motifs is 1. The molecule has 3 aromatic heterocycles. The topological polar surface area (TPSA) is 203 Å². The number of pyridine rings is 2. The number of nitrogens with zero attached hydrogens (tertiary/aromatic N) is 5. The molecule has 5 N–H and O–H groups in total. The minimum atomic E-state index is -3.10. The summed E-state index contributed by atoms with van der Waals surface area (Å²) in [6, 6.07) is 17.4. The standard InChI is InChI=1S/C44H53BClN7O9S/c1-39(2,3)61-38(55)52-25-28(24-40(52,4)5)12-9-22-47-35-30(59-26-27-10-7-6-8-11-27)14-16-32(49-35)62-63-51-36(54)29-13-15-31(48-34(29)46)53-23-17-33(50-53)60-44(57,58)43(45,56)37-41(18-19-41)42(37)20-21-42/h6-8,10-11,13-17,23,28,37,56-58H,9,12,18-22,24-26H2,1-5H3,(H,47,49)(H,51,54). The van der Waals surface area contributed by atoms with E-state index in [1.165, 1.54) is 29.1 Å². The summed E-state index contributed by atoms with van der Waals surface area (Å²) in [5.41, 5.74) is -2.51. The molecule has 63 heavy (non-hydrogen) atoms. The van der Waals surface area contributed by atoms with Crippen molar-refractivity contribution in [2.24, 2.45) is 22.7 Å². The first-order chi connectivity index (χ1) is 29.7. The third kappa shape index (κ3) is 9.28. The first kappa shape index (κ1) is 44.8. The Hall–Kier alpha value is -4.75. The molecule has 2 amide bonds. The molecule has 1 aromatic carbocycles. The van der Waals surface area contributed by atoms with Crippen molar-refractivity contribution in [3.63, 3.8) is 0 Å². The lowest BCUT2D eigenvalue weighted by molar-refractivity contribution is -0.358. The van der Waals surface area contributed by atoms with Crippen molar-refractivity contribution >= 4 is 49.5 Å². The van der Waals surface area contributed by atoms with Crippen LogP contribution in [0.4, 0.5) is 10.6 Å². The molecule has 4 fully saturated rings. The second-order valence-electron chi connectivity index (χ2n) is 18.8. The summed E-state index contributed by atoms with van der Waals surface area (Å²) in [6.07, 6.45) is 7.30. The third-order valence-corrected chi connectivity index (χ3v) is 13.5. The molecule has 1 saturated heterocycles. The lowest BCUT2D eigenvalue weighted by atomic mass is 9.73. The average Bonchev–Trinajstić information content (AvgIpc) is 4.17. The fourth-order valence-electron chi connectivity index (χ4n) is 9.48. The van der Waals surface area contributed by atoms with Crippen LogP contribution < -0.4 is 23.7 Å². The van der Waals surface area contributed by atoms with E-state index in [0.717, 1.165) is 50.5 Å². The highest BCUT2D eigenvalue weighted by Gasteiger charge is 2.91. The summed E-state index contributed by atoms with van der Waals surface area (Å²) in [5.74, 6) is -2.68. The van der Waals surface area contributed by atoms with Gasteiger partial charge < -0.3 is 43.9 Å². The van der Waals surface area contributed by atoms with E-state index in [1.807, 2.05) is 56.0 Å². The number of anilines is 1. The number of hydrogen-bond acceptors (Lipinski definition) is 14. The van der Waals surface area contributed by atoms with Crippen LogP contribution in [-0.2, 0) is 11.3 Å². The van der Waals surface area contributed by atoms with E-state index in [0.29, 0.717) is 49.4 Å². The molecule has 4 heterocycles. The molecule has 334 valence electrons. The molecule has 4 aliphatic rings. The second kappa shape index (κ2) is 16.7. The number of rotatable bonds is 17. The number of aromatic nitrogens is 4. The Labute approximate surface area is 377 Å². The van der Waals surface area contributed by atoms with Gasteiger partial charge in [-0.3, -0.25) is 9.52 Å². The first-order valence-corrected chi connectivity index (χ1v) is 22.3. The SMILES string of the molecule is [B]C(O)(C1C2(CC2)C12CC2)C(O)(O)Oc1ccn(-c2ccc(C(=O)NSOc3ccc(OCc4ccccc4)c(NCCCC4CN(C(=O)OC(C)(C)C)C(C)(C)C4)n3)c(Cl)n2)n1. The zero-order valence-electron chi connectivity index (χ0n) is 36.0. The van der Waals surface area contributed by atoms with E-state index in [-0.39, 0.29) is 50.8 Å². The molecule has 3 aliphatic carbocycles. The van der Waals surface area contributed by atoms with Crippen molar-refractivity contribution < 1.29 is 43.3 Å². The van der Waals surface area contributed by atoms with Gasteiger partial charge in [-0.2, -0.15) is 4.98 Å². The van der Waals surface area contributed by atoms with E-state index in [4.69, 9.17) is 37.8 Å². The van der Waals surface area contributed by atoms with Crippen molar-refractivity contribution in [1.82, 2.24) is 29.4 Å². The lowest BCUT2D eigenvalue weighted by Crippen LogP contribution is -2.61. The van der Waals surface area contributed by atoms with Crippen LogP contribution in [0, 0.1) is 22.7 Å². The number of carbonyl (C=O) groups is 2. The fraction of sp³-hybridized carbons (Fsp3) is 0.523. The maximum atomic E-state index is 13.2. The summed E-state index contributed by atoms with van der Waals surface area (Å²) in [4.78, 5) is 36.8. The van der Waals surface area contributed by atoms with E-state index in [2.05, 4.69) is 39.0 Å². The Morgan fingerprint density at radius 3 is 2.35 bits per heavy atom. The van der Waals surface area contributed by atoms with Gasteiger partial charge in [0.2, 0.25) is 11.8 Å². The van der Waals surface area contributed by atoms with Gasteiger partial charge in [-0.1, -0.05) is 41.9 Å². The number of aliphatic hydroxyl groups is 3. The molecule has 2 radical (unpaired) electrons. The predicted molar refractivity (Wildman–Crippen MR) is 235 cm³/mol. The van der Waals surface area contributed by atoms with Gasteiger partial charge in [0, 0.05) is 42.9 Å². The number of amides is 2. The third-order valence-electron chi connectivity index (χ3n) is 12.7. The number of benzene rings is 1. The van der Waals surface area contributed by atoms with Crippen LogP contribution in [0.1, 0.15) is 95.5 Å². The maximum absolute atomic E-state index is 13.2. The van der Waals surface area contributed by atoms with Crippen molar-refractivity contribution in [1.29, 1.82) is 0 Å². The van der Waals surface area contributed by atoms with Crippen LogP contribution in [0.3, 0.4) is 0 Å². The summed E-state index contributed by atoms with van der Waals surface area (Å²) in [6.45, 7) is 11.3. The summed E-state index contributed by atoms with van der Waals surface area (Å²) in [7, 11) is 6.13. The van der Waals surface area contributed by atoms with Crippen LogP contribution in [0.25, 0.3) is 5.82 Å². The minimum Gasteiger partial charge on any atom is -0.485 e. The molecular formula is C44H53BClN7O9S. The molecule has 16 nitrogen and oxygen atoms in total. The predicted octanol–water partition coefficient (Wildman–Crippen LogP) is 6.56. The largest absolute Gasteiger partial charge is 0.485 e. The van der Waals surface area contributed by atoms with E-state index in [1.54, 1.807) is 12.1 Å². The minimum absolute atomic E-state index is 0.0466. The van der Waals surface area contributed by atoms with Crippen LogP contribution in [-0.4, -0.2) is 95.5 Å². The van der Waals surface area contributed by atoms with Crippen molar-refractivity contribution in [2.75, 3.05) is 18.4 Å². The van der Waals surface area contributed by atoms with Crippen molar-refractivity contribution in [3.8, 4) is 23.3 Å². The molecule has 19 heteroatoms. The first-order valence-electron chi connectivity index (χ1n) is 21.2. The second-order valence-corrected chi connectivity index (χ2v) is 19.7. The van der Waals surface area contributed by atoms with Crippen molar-refractivity contribution in [3.05, 3.63) is 83.1 Å². The van der Waals surface area contributed by atoms with E-state index >= 15 is 0 Å². The molecule has 8 rings (SSSR count).